The van der Waals surface area contributed by atoms with Crippen molar-refractivity contribution in [1.82, 2.24) is 15.0 Å². The summed E-state index contributed by atoms with van der Waals surface area (Å²) >= 11 is 0. The molecule has 3 aromatic rings. The summed E-state index contributed by atoms with van der Waals surface area (Å²) < 4.78 is 32.3. The van der Waals surface area contributed by atoms with Gasteiger partial charge in [0.25, 0.3) is 15.9 Å². The number of benzene rings is 2. The van der Waals surface area contributed by atoms with Gasteiger partial charge in [0.2, 0.25) is 5.91 Å². The number of aromatic nitrogens is 1. The molecule has 0 spiro atoms. The zero-order valence-corrected chi connectivity index (χ0v) is 21.3. The standard InChI is InChI=1S/C27H29N3O6S/c1-2-3-17-36-27(33)24-14-11-22(19-29-24)26(32)30-37(34,35)23-12-9-20(10-13-23)15-16-28-25(31)18-21-7-5-4-6-8-21/h4-14,19H,2-3,15-18H2,1H3,(H,28,31)(H,30,32). The van der Waals surface area contributed by atoms with Crippen molar-refractivity contribution in [3.05, 3.63) is 95.3 Å². The number of nitrogens with one attached hydrogen (secondary N) is 2. The molecule has 0 fully saturated rings. The van der Waals surface area contributed by atoms with Crippen LogP contribution in [0.5, 0.6) is 0 Å². The number of carbonyl (C=O) groups is 3. The lowest BCUT2D eigenvalue weighted by Gasteiger charge is -2.09. The van der Waals surface area contributed by atoms with Gasteiger partial charge >= 0.3 is 5.97 Å². The lowest BCUT2D eigenvalue weighted by atomic mass is 10.1. The summed E-state index contributed by atoms with van der Waals surface area (Å²) in [4.78, 5) is 40.2. The van der Waals surface area contributed by atoms with Gasteiger partial charge in [-0.25, -0.2) is 22.9 Å². The maximum Gasteiger partial charge on any atom is 0.356 e. The van der Waals surface area contributed by atoms with E-state index in [9.17, 15) is 22.8 Å². The van der Waals surface area contributed by atoms with Gasteiger partial charge in [-0.15, -0.1) is 0 Å². The third-order valence-electron chi connectivity index (χ3n) is 5.37. The molecule has 0 aliphatic rings. The van der Waals surface area contributed by atoms with E-state index < -0.39 is 21.9 Å². The van der Waals surface area contributed by atoms with Gasteiger partial charge in [0.1, 0.15) is 5.69 Å². The van der Waals surface area contributed by atoms with Crippen LogP contribution in [0.1, 0.15) is 51.7 Å². The van der Waals surface area contributed by atoms with Crippen molar-refractivity contribution in [3.63, 3.8) is 0 Å². The first kappa shape index (κ1) is 27.5. The lowest BCUT2D eigenvalue weighted by Crippen LogP contribution is -2.30. The monoisotopic (exact) mass is 523 g/mol. The number of unbranched alkanes of at least 4 members (excludes halogenated alkanes) is 1. The predicted octanol–water partition coefficient (Wildman–Crippen LogP) is 3.06. The molecule has 194 valence electrons. The zero-order valence-electron chi connectivity index (χ0n) is 20.5. The third-order valence-corrected chi connectivity index (χ3v) is 6.72. The van der Waals surface area contributed by atoms with Crippen molar-refractivity contribution >= 4 is 27.8 Å². The van der Waals surface area contributed by atoms with Crippen molar-refractivity contribution in [1.29, 1.82) is 0 Å². The Labute approximate surface area is 216 Å². The molecule has 0 atom stereocenters. The minimum Gasteiger partial charge on any atom is -0.461 e. The van der Waals surface area contributed by atoms with Gasteiger partial charge in [-0.3, -0.25) is 9.59 Å². The number of sulfonamides is 1. The number of ether oxygens (including phenoxy) is 1. The zero-order chi connectivity index (χ0) is 26.7. The molecule has 10 heteroatoms. The molecule has 9 nitrogen and oxygen atoms in total. The van der Waals surface area contributed by atoms with Crippen LogP contribution in [0, 0.1) is 0 Å². The van der Waals surface area contributed by atoms with E-state index in [0.717, 1.165) is 30.2 Å². The molecule has 37 heavy (non-hydrogen) atoms. The number of hydrogen-bond acceptors (Lipinski definition) is 7. The van der Waals surface area contributed by atoms with Gasteiger partial charge in [0, 0.05) is 12.7 Å². The average molecular weight is 524 g/mol. The Morgan fingerprint density at radius 2 is 1.65 bits per heavy atom. The molecular formula is C27H29N3O6S. The topological polar surface area (TPSA) is 132 Å². The number of esters is 1. The van der Waals surface area contributed by atoms with Crippen LogP contribution in [0.3, 0.4) is 0 Å². The fourth-order valence-corrected chi connectivity index (χ4v) is 4.27. The normalized spacial score (nSPS) is 10.9. The molecule has 3 rings (SSSR count). The molecule has 2 amide bonds. The van der Waals surface area contributed by atoms with E-state index in [0.29, 0.717) is 19.4 Å². The van der Waals surface area contributed by atoms with Crippen molar-refractivity contribution in [2.75, 3.05) is 13.2 Å². The Balaban J connectivity index is 1.50. The molecule has 0 aliphatic carbocycles. The van der Waals surface area contributed by atoms with E-state index in [4.69, 9.17) is 4.74 Å². The van der Waals surface area contributed by atoms with E-state index in [1.54, 1.807) is 12.1 Å². The maximum absolute atomic E-state index is 12.6. The summed E-state index contributed by atoms with van der Waals surface area (Å²) in [5.74, 6) is -1.57. The van der Waals surface area contributed by atoms with Gasteiger partial charge in [0.05, 0.1) is 23.5 Å². The number of hydrogen-bond donors (Lipinski definition) is 2. The van der Waals surface area contributed by atoms with Gasteiger partial charge in [-0.2, -0.15) is 0 Å². The van der Waals surface area contributed by atoms with E-state index in [1.165, 1.54) is 24.3 Å². The van der Waals surface area contributed by atoms with Crippen molar-refractivity contribution in [3.8, 4) is 0 Å². The van der Waals surface area contributed by atoms with Gasteiger partial charge in [0.15, 0.2) is 0 Å². The fraction of sp³-hybridized carbons (Fsp3) is 0.259. The van der Waals surface area contributed by atoms with E-state index >= 15 is 0 Å². The molecule has 2 aromatic carbocycles. The largest absolute Gasteiger partial charge is 0.461 e. The smallest absolute Gasteiger partial charge is 0.356 e. The summed E-state index contributed by atoms with van der Waals surface area (Å²) in [7, 11) is -4.12. The number of nitrogens with zero attached hydrogens (tertiary/aromatic N) is 1. The number of pyridine rings is 1. The molecule has 0 saturated heterocycles. The second-order valence-corrected chi connectivity index (χ2v) is 9.94. The van der Waals surface area contributed by atoms with E-state index in [2.05, 4.69) is 10.3 Å². The van der Waals surface area contributed by atoms with Crippen LogP contribution in [0.4, 0.5) is 0 Å². The summed E-state index contributed by atoms with van der Waals surface area (Å²) in [5, 5.41) is 2.84. The number of rotatable bonds is 12. The predicted molar refractivity (Wildman–Crippen MR) is 137 cm³/mol. The van der Waals surface area contributed by atoms with Crippen LogP contribution in [0.15, 0.2) is 77.8 Å². The highest BCUT2D eigenvalue weighted by atomic mass is 32.2. The number of amides is 2. The maximum atomic E-state index is 12.6. The third kappa shape index (κ3) is 8.53. The summed E-state index contributed by atoms with van der Waals surface area (Å²) in [6, 6.07) is 18.1. The van der Waals surface area contributed by atoms with Crippen LogP contribution >= 0.6 is 0 Å². The first-order valence-corrected chi connectivity index (χ1v) is 13.4. The highest BCUT2D eigenvalue weighted by molar-refractivity contribution is 7.90. The summed E-state index contributed by atoms with van der Waals surface area (Å²) in [6.07, 6.45) is 3.54. The van der Waals surface area contributed by atoms with Gasteiger partial charge in [-0.05, 0) is 48.2 Å². The minimum absolute atomic E-state index is 0.0171. The van der Waals surface area contributed by atoms with Crippen LogP contribution in [0.25, 0.3) is 0 Å². The first-order chi connectivity index (χ1) is 17.8. The average Bonchev–Trinajstić information content (AvgIpc) is 2.89. The fourth-order valence-electron chi connectivity index (χ4n) is 3.30. The Kier molecular flexibility index (Phi) is 9.91. The molecule has 0 aliphatic heterocycles. The van der Waals surface area contributed by atoms with Crippen molar-refractivity contribution in [2.24, 2.45) is 0 Å². The lowest BCUT2D eigenvalue weighted by molar-refractivity contribution is -0.120. The number of carbonyl (C=O) groups excluding carboxylic acids is 3. The second-order valence-electron chi connectivity index (χ2n) is 8.26. The quantitative estimate of drug-likeness (QED) is 0.275. The molecule has 0 radical (unpaired) electrons. The minimum atomic E-state index is -4.12. The highest BCUT2D eigenvalue weighted by Crippen LogP contribution is 2.12. The Morgan fingerprint density at radius 1 is 0.919 bits per heavy atom. The molecule has 1 heterocycles. The van der Waals surface area contributed by atoms with Crippen molar-refractivity contribution in [2.45, 2.75) is 37.5 Å². The van der Waals surface area contributed by atoms with Crippen LogP contribution in [-0.2, 0) is 32.4 Å². The Hall–Kier alpha value is -4.05. The van der Waals surface area contributed by atoms with E-state index in [1.807, 2.05) is 42.0 Å². The van der Waals surface area contributed by atoms with Crippen LogP contribution in [0.2, 0.25) is 0 Å². The summed E-state index contributed by atoms with van der Waals surface area (Å²) in [6.45, 7) is 2.65. The Morgan fingerprint density at radius 3 is 2.30 bits per heavy atom. The summed E-state index contributed by atoms with van der Waals surface area (Å²) in [5.41, 5.74) is 1.77. The Bertz CT molecular complexity index is 1310. The van der Waals surface area contributed by atoms with Crippen LogP contribution in [-0.4, -0.2) is 44.3 Å². The van der Waals surface area contributed by atoms with E-state index in [-0.39, 0.29) is 28.7 Å². The highest BCUT2D eigenvalue weighted by Gasteiger charge is 2.19. The van der Waals surface area contributed by atoms with Gasteiger partial charge < -0.3 is 10.1 Å². The molecule has 2 N–H and O–H groups in total. The molecular weight excluding hydrogens is 494 g/mol. The SMILES string of the molecule is CCCCOC(=O)c1ccc(C(=O)NS(=O)(=O)c2ccc(CCNC(=O)Cc3ccccc3)cc2)cn1. The van der Waals surface area contributed by atoms with Crippen molar-refractivity contribution < 1.29 is 27.5 Å². The molecule has 0 bridgehead atoms. The molecule has 0 saturated carbocycles. The van der Waals surface area contributed by atoms with Crippen LogP contribution < -0.4 is 10.0 Å². The first-order valence-electron chi connectivity index (χ1n) is 11.9. The van der Waals surface area contributed by atoms with Gasteiger partial charge in [-0.1, -0.05) is 55.8 Å². The molecule has 0 unspecified atom stereocenters. The molecule has 1 aromatic heterocycles. The second kappa shape index (κ2) is 13.3.